The fourth-order valence-corrected chi connectivity index (χ4v) is 9.32. The van der Waals surface area contributed by atoms with E-state index in [1.165, 1.54) is 17.9 Å². The van der Waals surface area contributed by atoms with Crippen molar-refractivity contribution in [2.45, 2.75) is 96.8 Å². The molecule has 6 N–H and O–H groups in total. The van der Waals surface area contributed by atoms with Gasteiger partial charge < -0.3 is 41.3 Å². The highest BCUT2D eigenvalue weighted by molar-refractivity contribution is 6.30. The number of piperazine rings is 1. The number of phenolic OH excluding ortho intramolecular Hbond substituents is 1. The Morgan fingerprint density at radius 3 is 2.25 bits per heavy atom. The number of fused-ring (bicyclic) bond motifs is 5. The molecule has 4 bridgehead atoms. The summed E-state index contributed by atoms with van der Waals surface area (Å²) in [7, 11) is 3.67. The average molecular weight is 1010 g/mol. The Kier molecular flexibility index (Phi) is 19.9. The summed E-state index contributed by atoms with van der Waals surface area (Å²) in [6.07, 6.45) is 2.37. The van der Waals surface area contributed by atoms with Crippen molar-refractivity contribution in [1.82, 2.24) is 30.7 Å². The van der Waals surface area contributed by atoms with Gasteiger partial charge in [-0.2, -0.15) is 0 Å². The molecule has 15 nitrogen and oxygen atoms in total. The number of carbonyl (C=O) groups is 6. The summed E-state index contributed by atoms with van der Waals surface area (Å²) in [6, 6.07) is 20.7. The third kappa shape index (κ3) is 14.7. The minimum absolute atomic E-state index is 0.0258. The van der Waals surface area contributed by atoms with Gasteiger partial charge in [-0.05, 0) is 136 Å². The number of hydrogen-bond acceptors (Lipinski definition) is 11. The molecule has 4 aromatic rings. The number of benzene rings is 4. The Hall–Kier alpha value is -6.13. The van der Waals surface area contributed by atoms with Crippen LogP contribution in [0.3, 0.4) is 0 Å². The molecule has 4 amide bonds. The van der Waals surface area contributed by atoms with E-state index in [-0.39, 0.29) is 48.4 Å². The van der Waals surface area contributed by atoms with Gasteiger partial charge in [-0.1, -0.05) is 61.8 Å². The zero-order valence-corrected chi connectivity index (χ0v) is 43.3. The Balaban J connectivity index is 1.39. The van der Waals surface area contributed by atoms with Gasteiger partial charge in [-0.15, -0.1) is 0 Å². The molecule has 6 atom stereocenters. The Bertz CT molecular complexity index is 2530. The topological polar surface area (TPSA) is 204 Å². The molecular formula is C56H72ClN7O8. The van der Waals surface area contributed by atoms with E-state index in [1.807, 2.05) is 31.2 Å². The molecular weight excluding hydrogens is 934 g/mol. The predicted octanol–water partition coefficient (Wildman–Crippen LogP) is 6.58. The first-order valence-electron chi connectivity index (χ1n) is 25.2. The molecule has 2 heterocycles. The van der Waals surface area contributed by atoms with E-state index in [9.17, 15) is 33.9 Å². The van der Waals surface area contributed by atoms with Gasteiger partial charge in [0.2, 0.25) is 17.7 Å². The van der Waals surface area contributed by atoms with Crippen molar-refractivity contribution >= 4 is 46.8 Å². The van der Waals surface area contributed by atoms with Crippen LogP contribution in [0.15, 0.2) is 84.9 Å². The zero-order chi connectivity index (χ0) is 52.1. The monoisotopic (exact) mass is 1010 g/mol. The van der Waals surface area contributed by atoms with Crippen LogP contribution >= 0.6 is 11.6 Å². The highest BCUT2D eigenvalue weighted by Gasteiger charge is 2.35. The first-order valence-corrected chi connectivity index (χ1v) is 25.6. The van der Waals surface area contributed by atoms with Crippen LogP contribution in [-0.2, 0) is 30.4 Å². The smallest absolute Gasteiger partial charge is 0.251 e. The van der Waals surface area contributed by atoms with Crippen LogP contribution in [0.2, 0.25) is 5.02 Å². The van der Waals surface area contributed by atoms with Gasteiger partial charge in [0.15, 0.2) is 11.6 Å². The number of nitrogens with zero attached hydrogens (tertiary/aromatic N) is 3. The first-order chi connectivity index (χ1) is 34.4. The number of phenols is 1. The van der Waals surface area contributed by atoms with Crippen molar-refractivity contribution in [3.63, 3.8) is 0 Å². The molecule has 0 saturated carbocycles. The fourth-order valence-electron chi connectivity index (χ4n) is 9.19. The molecule has 0 aromatic heterocycles. The number of Topliss-reactive ketones (excluding diaryl/α,β-unsaturated/α-hetero) is 2. The molecule has 2 aliphatic rings. The predicted molar refractivity (Wildman–Crippen MR) is 281 cm³/mol. The summed E-state index contributed by atoms with van der Waals surface area (Å²) in [6.45, 7) is 11.7. The van der Waals surface area contributed by atoms with Gasteiger partial charge in [0, 0.05) is 80.2 Å². The van der Waals surface area contributed by atoms with Crippen LogP contribution in [0, 0.1) is 11.8 Å². The Labute approximate surface area is 429 Å². The van der Waals surface area contributed by atoms with Crippen LogP contribution in [0.4, 0.5) is 0 Å². The number of hydrogen-bond donors (Lipinski definition) is 5. The minimum Gasteiger partial charge on any atom is -0.507 e. The van der Waals surface area contributed by atoms with Gasteiger partial charge in [-0.25, -0.2) is 0 Å². The van der Waals surface area contributed by atoms with E-state index in [2.05, 4.69) is 32.8 Å². The fraction of sp³-hybridized carbons (Fsp3) is 0.464. The minimum atomic E-state index is -1.13. The summed E-state index contributed by atoms with van der Waals surface area (Å²) in [5.74, 6) is -2.75. The quantitative estimate of drug-likeness (QED) is 0.0759. The molecule has 1 fully saturated rings. The molecule has 1 saturated heterocycles. The third-order valence-electron chi connectivity index (χ3n) is 14.2. The van der Waals surface area contributed by atoms with Gasteiger partial charge in [0.25, 0.3) is 5.91 Å². The highest BCUT2D eigenvalue weighted by atomic mass is 35.5. The van der Waals surface area contributed by atoms with Crippen molar-refractivity contribution in [2.24, 2.45) is 17.6 Å². The third-order valence-corrected chi connectivity index (χ3v) is 14.5. The highest BCUT2D eigenvalue weighted by Crippen LogP contribution is 2.40. The van der Waals surface area contributed by atoms with Crippen LogP contribution in [0.25, 0.3) is 22.3 Å². The largest absolute Gasteiger partial charge is 0.507 e. The number of unbranched alkanes of at least 4 members (excludes halogenated alkanes) is 1. The van der Waals surface area contributed by atoms with Crippen LogP contribution < -0.4 is 26.4 Å². The SMILES string of the molecule is CC(=O)C(C)NC(=O)C1Cc2ccc(O)c(c2)-c2cc(ccc2OCCN2CCN(C)CC2)C(N(C)C(=O)C(CCCCN)NC(=O)c2ccc(-c3ccc(Cl)cc3)cc2)C(=O)CCCC(C)C(C)C(=O)N1. The first kappa shape index (κ1) is 55.2. The molecule has 2 aliphatic heterocycles. The lowest BCUT2D eigenvalue weighted by molar-refractivity contribution is -0.140. The van der Waals surface area contributed by atoms with Crippen LogP contribution in [-0.4, -0.2) is 133 Å². The number of rotatable bonds is 16. The van der Waals surface area contributed by atoms with Crippen LogP contribution in [0.5, 0.6) is 11.5 Å². The average Bonchev–Trinajstić information content (AvgIpc) is 3.36. The van der Waals surface area contributed by atoms with E-state index in [4.69, 9.17) is 22.1 Å². The van der Waals surface area contributed by atoms with E-state index in [0.717, 1.165) is 37.3 Å². The van der Waals surface area contributed by atoms with Gasteiger partial charge in [0.1, 0.15) is 36.2 Å². The molecule has 0 spiro atoms. The molecule has 72 heavy (non-hydrogen) atoms. The second kappa shape index (κ2) is 26.0. The maximum absolute atomic E-state index is 15.0. The Morgan fingerprint density at radius 1 is 0.903 bits per heavy atom. The summed E-state index contributed by atoms with van der Waals surface area (Å²) in [4.78, 5) is 89.7. The molecule has 6 rings (SSSR count). The van der Waals surface area contributed by atoms with Crippen molar-refractivity contribution in [3.05, 3.63) is 107 Å². The second-order valence-electron chi connectivity index (χ2n) is 19.6. The van der Waals surface area contributed by atoms with Crippen LogP contribution in [0.1, 0.15) is 93.7 Å². The maximum Gasteiger partial charge on any atom is 0.251 e. The number of ketones is 2. The molecule has 386 valence electrons. The lowest BCUT2D eigenvalue weighted by Crippen LogP contribution is -2.52. The van der Waals surface area contributed by atoms with E-state index in [1.54, 1.807) is 75.5 Å². The lowest BCUT2D eigenvalue weighted by atomic mass is 9.88. The number of halogens is 1. The van der Waals surface area contributed by atoms with Gasteiger partial charge >= 0.3 is 0 Å². The molecule has 6 unspecified atom stereocenters. The number of carbonyl (C=O) groups excluding carboxylic acids is 6. The maximum atomic E-state index is 15.0. The Morgan fingerprint density at radius 2 is 1.58 bits per heavy atom. The van der Waals surface area contributed by atoms with Gasteiger partial charge in [-0.3, -0.25) is 33.7 Å². The standard InChI is InChI=1S/C56H72ClN7O8/c1-35-10-9-12-50(67)52(63(6)56(71)47(11-7-8-25-58)60-54(69)42-16-14-40(15-17-42)41-18-21-44(57)22-19-41)43-20-24-51(72-31-30-64-28-26-62(5)27-29-64)46(34-43)45-32-39(13-23-49(45)66)33-48(61-53(68)36(35)2)55(70)59-37(3)38(4)65/h13-24,32,34-37,47-48,52,66H,7-12,25-31,33,58H2,1-6H3,(H,59,70)(H,60,69)(H,61,68). The van der Waals surface area contributed by atoms with E-state index >= 15 is 0 Å². The summed E-state index contributed by atoms with van der Waals surface area (Å²) in [5, 5.41) is 20.9. The van der Waals surface area contributed by atoms with E-state index in [0.29, 0.717) is 84.0 Å². The number of nitrogens with one attached hydrogen (secondary N) is 3. The summed E-state index contributed by atoms with van der Waals surface area (Å²) < 4.78 is 6.52. The molecule has 0 aliphatic carbocycles. The summed E-state index contributed by atoms with van der Waals surface area (Å²) >= 11 is 6.10. The molecule has 0 radical (unpaired) electrons. The molecule has 4 aromatic carbocycles. The number of nitrogens with two attached hydrogens (primary N) is 1. The van der Waals surface area contributed by atoms with E-state index < -0.39 is 47.8 Å². The normalized spacial score (nSPS) is 20.1. The number of aromatic hydroxyl groups is 1. The van der Waals surface area contributed by atoms with Crippen molar-refractivity contribution in [1.29, 1.82) is 0 Å². The lowest BCUT2D eigenvalue weighted by Gasteiger charge is -2.32. The van der Waals surface area contributed by atoms with Crippen molar-refractivity contribution < 1.29 is 38.6 Å². The number of likely N-dealkylation sites (N-methyl/N-ethyl adjacent to an activating group) is 2. The van der Waals surface area contributed by atoms with Gasteiger partial charge in [0.05, 0.1) is 6.04 Å². The molecule has 16 heteroatoms. The van der Waals surface area contributed by atoms with Crippen molar-refractivity contribution in [3.8, 4) is 33.8 Å². The number of ether oxygens (including phenoxy) is 1. The zero-order valence-electron chi connectivity index (χ0n) is 42.5. The summed E-state index contributed by atoms with van der Waals surface area (Å²) in [5.41, 5.74) is 9.90. The number of amides is 4. The second-order valence-corrected chi connectivity index (χ2v) is 20.0. The van der Waals surface area contributed by atoms with Crippen molar-refractivity contribution in [2.75, 3.05) is 60.0 Å².